The van der Waals surface area contributed by atoms with Crippen LogP contribution in [-0.2, 0) is 0 Å². The van der Waals surface area contributed by atoms with Gasteiger partial charge in [0.1, 0.15) is 0 Å². The van der Waals surface area contributed by atoms with Gasteiger partial charge in [0.15, 0.2) is 0 Å². The molecule has 0 spiro atoms. The molecule has 1 saturated carbocycles. The summed E-state index contributed by atoms with van der Waals surface area (Å²) < 4.78 is 0.927. The van der Waals surface area contributed by atoms with Crippen LogP contribution in [0.4, 0.5) is 0 Å². The van der Waals surface area contributed by atoms with E-state index in [2.05, 4.69) is 43.4 Å². The predicted molar refractivity (Wildman–Crippen MR) is 54.5 cm³/mol. The average molecular weight is 252 g/mol. The lowest BCUT2D eigenvalue weighted by molar-refractivity contribution is 0.236. The first-order valence-corrected chi connectivity index (χ1v) is 5.50. The Kier molecular flexibility index (Phi) is 3.02. The van der Waals surface area contributed by atoms with E-state index in [9.17, 15) is 0 Å². The molecule has 1 aliphatic carbocycles. The number of halogens is 1. The maximum Gasteiger partial charge on any atom is 0.0140 e. The lowest BCUT2D eigenvalue weighted by Gasteiger charge is -2.34. The third-order valence-corrected chi connectivity index (χ3v) is 4.51. The molecular formula is C9H17I. The summed E-state index contributed by atoms with van der Waals surface area (Å²) in [5.41, 5.74) is 0. The van der Waals surface area contributed by atoms with E-state index in [0.717, 1.165) is 21.7 Å². The van der Waals surface area contributed by atoms with Crippen molar-refractivity contribution >= 4 is 22.6 Å². The fourth-order valence-corrected chi connectivity index (χ4v) is 3.48. The molecular weight excluding hydrogens is 235 g/mol. The Morgan fingerprint density at radius 3 is 2.20 bits per heavy atom. The van der Waals surface area contributed by atoms with E-state index in [4.69, 9.17) is 0 Å². The van der Waals surface area contributed by atoms with E-state index in [0.29, 0.717) is 0 Å². The van der Waals surface area contributed by atoms with Crippen LogP contribution in [0.5, 0.6) is 0 Å². The summed E-state index contributed by atoms with van der Waals surface area (Å²) in [4.78, 5) is 0. The molecule has 0 aromatic carbocycles. The number of alkyl halides is 1. The van der Waals surface area contributed by atoms with Gasteiger partial charge in [-0.3, -0.25) is 0 Å². The van der Waals surface area contributed by atoms with Crippen LogP contribution in [0.15, 0.2) is 0 Å². The van der Waals surface area contributed by atoms with Crippen molar-refractivity contribution in [2.24, 2.45) is 17.8 Å². The van der Waals surface area contributed by atoms with Crippen LogP contribution >= 0.6 is 22.6 Å². The molecule has 0 saturated heterocycles. The Bertz CT molecular complexity index is 99.3. The molecule has 1 rings (SSSR count). The molecule has 0 bridgehead atoms. The quantitative estimate of drug-likeness (QED) is 0.457. The lowest BCUT2D eigenvalue weighted by atomic mass is 9.77. The zero-order valence-corrected chi connectivity index (χ0v) is 9.26. The van der Waals surface area contributed by atoms with Crippen molar-refractivity contribution in [1.29, 1.82) is 0 Å². The fraction of sp³-hybridized carbons (Fsp3) is 1.00. The van der Waals surface area contributed by atoms with Gasteiger partial charge in [-0.2, -0.15) is 0 Å². The predicted octanol–water partition coefficient (Wildman–Crippen LogP) is 3.49. The van der Waals surface area contributed by atoms with E-state index < -0.39 is 0 Å². The van der Waals surface area contributed by atoms with Crippen molar-refractivity contribution in [3.63, 3.8) is 0 Å². The number of rotatable bonds is 0. The molecule has 1 aliphatic rings. The fourth-order valence-electron chi connectivity index (χ4n) is 1.90. The van der Waals surface area contributed by atoms with E-state index in [1.807, 2.05) is 0 Å². The monoisotopic (exact) mass is 252 g/mol. The summed E-state index contributed by atoms with van der Waals surface area (Å²) in [5, 5.41) is 0. The second-order valence-electron chi connectivity index (χ2n) is 3.93. The van der Waals surface area contributed by atoms with Gasteiger partial charge in [0, 0.05) is 3.92 Å². The van der Waals surface area contributed by atoms with E-state index >= 15 is 0 Å². The zero-order chi connectivity index (χ0) is 7.72. The standard InChI is InChI=1S/C9H17I/c1-6-4-7(2)8(3)9(10)5-6/h6-9H,4-5H2,1-3H3. The van der Waals surface area contributed by atoms with Gasteiger partial charge >= 0.3 is 0 Å². The van der Waals surface area contributed by atoms with Gasteiger partial charge in [-0.1, -0.05) is 43.4 Å². The minimum atomic E-state index is 0.927. The van der Waals surface area contributed by atoms with Gasteiger partial charge in [0.05, 0.1) is 0 Å². The molecule has 1 heteroatoms. The highest BCUT2D eigenvalue weighted by Crippen LogP contribution is 2.37. The van der Waals surface area contributed by atoms with Crippen LogP contribution in [0.2, 0.25) is 0 Å². The minimum absolute atomic E-state index is 0.927. The van der Waals surface area contributed by atoms with Crippen LogP contribution in [0, 0.1) is 17.8 Å². The van der Waals surface area contributed by atoms with Crippen molar-refractivity contribution in [2.45, 2.75) is 37.5 Å². The van der Waals surface area contributed by atoms with E-state index in [1.54, 1.807) is 0 Å². The van der Waals surface area contributed by atoms with Gasteiger partial charge in [0.2, 0.25) is 0 Å². The number of hydrogen-bond donors (Lipinski definition) is 0. The highest BCUT2D eigenvalue weighted by molar-refractivity contribution is 14.1. The van der Waals surface area contributed by atoms with Gasteiger partial charge in [0.25, 0.3) is 0 Å². The summed E-state index contributed by atoms with van der Waals surface area (Å²) >= 11 is 2.61. The second kappa shape index (κ2) is 3.42. The molecule has 0 aliphatic heterocycles. The second-order valence-corrected chi connectivity index (χ2v) is 5.53. The minimum Gasteiger partial charge on any atom is -0.0823 e. The van der Waals surface area contributed by atoms with Crippen molar-refractivity contribution in [1.82, 2.24) is 0 Å². The largest absolute Gasteiger partial charge is 0.0823 e. The summed E-state index contributed by atoms with van der Waals surface area (Å²) in [7, 11) is 0. The molecule has 0 aromatic rings. The smallest absolute Gasteiger partial charge is 0.0140 e. The highest BCUT2D eigenvalue weighted by Gasteiger charge is 2.28. The summed E-state index contributed by atoms with van der Waals surface area (Å²) in [6.45, 7) is 7.17. The molecule has 10 heavy (non-hydrogen) atoms. The summed E-state index contributed by atoms with van der Waals surface area (Å²) in [5.74, 6) is 2.86. The molecule has 0 radical (unpaired) electrons. The number of hydrogen-bond acceptors (Lipinski definition) is 0. The van der Waals surface area contributed by atoms with Crippen LogP contribution in [0.25, 0.3) is 0 Å². The Morgan fingerprint density at radius 1 is 1.10 bits per heavy atom. The van der Waals surface area contributed by atoms with Crippen LogP contribution in [-0.4, -0.2) is 3.92 Å². The normalized spacial score (nSPS) is 49.2. The molecule has 60 valence electrons. The van der Waals surface area contributed by atoms with Crippen LogP contribution in [0.3, 0.4) is 0 Å². The van der Waals surface area contributed by atoms with Crippen molar-refractivity contribution < 1.29 is 0 Å². The van der Waals surface area contributed by atoms with Crippen molar-refractivity contribution in [2.75, 3.05) is 0 Å². The van der Waals surface area contributed by atoms with E-state index in [1.165, 1.54) is 12.8 Å². The SMILES string of the molecule is CC1CC(C)C(C)C(I)C1. The third-order valence-electron chi connectivity index (χ3n) is 2.87. The molecule has 0 nitrogen and oxygen atoms in total. The Balaban J connectivity index is 2.49. The molecule has 4 atom stereocenters. The average Bonchev–Trinajstić information content (AvgIpc) is 1.82. The first kappa shape index (κ1) is 8.82. The molecule has 0 amide bonds. The third kappa shape index (κ3) is 1.86. The molecule has 0 N–H and O–H groups in total. The molecule has 0 aromatic heterocycles. The zero-order valence-electron chi connectivity index (χ0n) is 7.10. The Labute approximate surface area is 77.9 Å². The van der Waals surface area contributed by atoms with Gasteiger partial charge in [-0.05, 0) is 30.6 Å². The maximum absolute atomic E-state index is 2.61. The van der Waals surface area contributed by atoms with Crippen molar-refractivity contribution in [3.8, 4) is 0 Å². The topological polar surface area (TPSA) is 0 Å². The molecule has 0 heterocycles. The Morgan fingerprint density at radius 2 is 1.70 bits per heavy atom. The van der Waals surface area contributed by atoms with Crippen molar-refractivity contribution in [3.05, 3.63) is 0 Å². The first-order valence-electron chi connectivity index (χ1n) is 4.25. The van der Waals surface area contributed by atoms with Gasteiger partial charge < -0.3 is 0 Å². The van der Waals surface area contributed by atoms with Gasteiger partial charge in [-0.15, -0.1) is 0 Å². The van der Waals surface area contributed by atoms with Crippen LogP contribution in [0.1, 0.15) is 33.6 Å². The summed E-state index contributed by atoms with van der Waals surface area (Å²) in [6.07, 6.45) is 2.88. The Hall–Kier alpha value is 0.730. The lowest BCUT2D eigenvalue weighted by Crippen LogP contribution is -2.28. The highest BCUT2D eigenvalue weighted by atomic mass is 127. The van der Waals surface area contributed by atoms with E-state index in [-0.39, 0.29) is 0 Å². The first-order chi connectivity index (χ1) is 4.61. The van der Waals surface area contributed by atoms with Crippen LogP contribution < -0.4 is 0 Å². The maximum atomic E-state index is 2.61. The molecule has 1 fully saturated rings. The van der Waals surface area contributed by atoms with Gasteiger partial charge in [-0.25, -0.2) is 0 Å². The summed E-state index contributed by atoms with van der Waals surface area (Å²) in [6, 6.07) is 0. The molecule has 4 unspecified atom stereocenters.